The first-order valence-electron chi connectivity index (χ1n) is 9.29. The van der Waals surface area contributed by atoms with E-state index in [9.17, 15) is 0 Å². The number of anilines is 1. The molecular formula is C22H30N2O. The van der Waals surface area contributed by atoms with E-state index in [1.165, 1.54) is 16.8 Å². The lowest BCUT2D eigenvalue weighted by Gasteiger charge is -2.42. The van der Waals surface area contributed by atoms with Gasteiger partial charge < -0.3 is 15.0 Å². The number of rotatable bonds is 7. The highest BCUT2D eigenvalue weighted by Gasteiger charge is 2.34. The predicted molar refractivity (Wildman–Crippen MR) is 105 cm³/mol. The third kappa shape index (κ3) is 5.07. The SMILES string of the molecule is COCC1(Nc2ccc(C)cc2)CCN(CCc2ccccc2)CC1. The minimum atomic E-state index is 0.0489. The maximum atomic E-state index is 5.56. The molecule has 1 fully saturated rings. The Kier molecular flexibility index (Phi) is 6.11. The van der Waals surface area contributed by atoms with Crippen molar-refractivity contribution in [3.8, 4) is 0 Å². The Bertz CT molecular complexity index is 631. The van der Waals surface area contributed by atoms with Crippen LogP contribution in [-0.4, -0.2) is 43.8 Å². The van der Waals surface area contributed by atoms with Crippen molar-refractivity contribution in [2.45, 2.75) is 31.7 Å². The van der Waals surface area contributed by atoms with Gasteiger partial charge in [-0.25, -0.2) is 0 Å². The van der Waals surface area contributed by atoms with E-state index >= 15 is 0 Å². The van der Waals surface area contributed by atoms with E-state index in [1.807, 2.05) is 0 Å². The quantitative estimate of drug-likeness (QED) is 0.821. The minimum Gasteiger partial charge on any atom is -0.382 e. The van der Waals surface area contributed by atoms with Crippen LogP contribution in [-0.2, 0) is 11.2 Å². The van der Waals surface area contributed by atoms with Crippen LogP contribution >= 0.6 is 0 Å². The summed E-state index contributed by atoms with van der Waals surface area (Å²) < 4.78 is 5.56. The van der Waals surface area contributed by atoms with Crippen molar-refractivity contribution in [1.29, 1.82) is 0 Å². The van der Waals surface area contributed by atoms with Crippen LogP contribution in [0.25, 0.3) is 0 Å². The van der Waals surface area contributed by atoms with Crippen molar-refractivity contribution in [2.24, 2.45) is 0 Å². The summed E-state index contributed by atoms with van der Waals surface area (Å²) in [5.41, 5.74) is 3.96. The Morgan fingerprint density at radius 1 is 1.00 bits per heavy atom. The molecule has 0 saturated carbocycles. The second kappa shape index (κ2) is 8.50. The molecule has 3 nitrogen and oxygen atoms in total. The van der Waals surface area contributed by atoms with Crippen molar-refractivity contribution < 1.29 is 4.74 Å². The Hall–Kier alpha value is -1.84. The number of piperidine rings is 1. The second-order valence-electron chi connectivity index (χ2n) is 7.28. The van der Waals surface area contributed by atoms with Crippen LogP contribution in [0.4, 0.5) is 5.69 Å². The van der Waals surface area contributed by atoms with Gasteiger partial charge in [-0.2, -0.15) is 0 Å². The highest BCUT2D eigenvalue weighted by atomic mass is 16.5. The molecular weight excluding hydrogens is 308 g/mol. The fraction of sp³-hybridized carbons (Fsp3) is 0.455. The first-order valence-corrected chi connectivity index (χ1v) is 9.29. The number of aryl methyl sites for hydroxylation is 1. The number of nitrogens with zero attached hydrogens (tertiary/aromatic N) is 1. The van der Waals surface area contributed by atoms with Crippen molar-refractivity contribution in [2.75, 3.05) is 38.7 Å². The van der Waals surface area contributed by atoms with Gasteiger partial charge in [0, 0.05) is 32.4 Å². The molecule has 2 aromatic rings. The van der Waals surface area contributed by atoms with Crippen LogP contribution in [0.5, 0.6) is 0 Å². The van der Waals surface area contributed by atoms with Gasteiger partial charge in [-0.15, -0.1) is 0 Å². The molecule has 134 valence electrons. The summed E-state index contributed by atoms with van der Waals surface area (Å²) in [5.74, 6) is 0. The Morgan fingerprint density at radius 2 is 1.68 bits per heavy atom. The second-order valence-corrected chi connectivity index (χ2v) is 7.28. The average Bonchev–Trinajstić information content (AvgIpc) is 2.64. The maximum Gasteiger partial charge on any atom is 0.0693 e. The monoisotopic (exact) mass is 338 g/mol. The molecule has 0 unspecified atom stereocenters. The summed E-state index contributed by atoms with van der Waals surface area (Å²) >= 11 is 0. The van der Waals surface area contributed by atoms with Gasteiger partial charge in [0.25, 0.3) is 0 Å². The Labute approximate surface area is 152 Å². The van der Waals surface area contributed by atoms with Crippen molar-refractivity contribution >= 4 is 5.69 Å². The van der Waals surface area contributed by atoms with E-state index in [0.29, 0.717) is 0 Å². The first-order chi connectivity index (χ1) is 12.2. The minimum absolute atomic E-state index is 0.0489. The summed E-state index contributed by atoms with van der Waals surface area (Å²) in [5, 5.41) is 3.77. The molecule has 25 heavy (non-hydrogen) atoms. The van der Waals surface area contributed by atoms with Gasteiger partial charge in [-0.1, -0.05) is 48.0 Å². The van der Waals surface area contributed by atoms with Crippen LogP contribution in [0.1, 0.15) is 24.0 Å². The summed E-state index contributed by atoms with van der Waals surface area (Å²) in [7, 11) is 1.81. The summed E-state index contributed by atoms with van der Waals surface area (Å²) in [4.78, 5) is 2.58. The van der Waals surface area contributed by atoms with Gasteiger partial charge in [-0.05, 0) is 43.9 Å². The number of ether oxygens (including phenoxy) is 1. The van der Waals surface area contributed by atoms with Crippen molar-refractivity contribution in [3.05, 3.63) is 65.7 Å². The number of methoxy groups -OCH3 is 1. The molecule has 2 aromatic carbocycles. The van der Waals surface area contributed by atoms with Gasteiger partial charge in [0.1, 0.15) is 0 Å². The van der Waals surface area contributed by atoms with Gasteiger partial charge in [-0.3, -0.25) is 0 Å². The van der Waals surface area contributed by atoms with E-state index in [-0.39, 0.29) is 5.54 Å². The van der Waals surface area contributed by atoms with Crippen molar-refractivity contribution in [3.63, 3.8) is 0 Å². The van der Waals surface area contributed by atoms with E-state index in [2.05, 4.69) is 71.7 Å². The molecule has 1 N–H and O–H groups in total. The highest BCUT2D eigenvalue weighted by Crippen LogP contribution is 2.28. The summed E-state index contributed by atoms with van der Waals surface area (Å²) in [6.45, 7) is 6.26. The molecule has 0 aliphatic carbocycles. The lowest BCUT2D eigenvalue weighted by molar-refractivity contribution is 0.0891. The molecule has 1 aliphatic rings. The molecule has 0 radical (unpaired) electrons. The molecule has 0 atom stereocenters. The zero-order chi connectivity index (χ0) is 17.5. The number of benzene rings is 2. The predicted octanol–water partition coefficient (Wildman–Crippen LogP) is 4.13. The third-order valence-electron chi connectivity index (χ3n) is 5.25. The topological polar surface area (TPSA) is 24.5 Å². The van der Waals surface area contributed by atoms with Gasteiger partial charge in [0.05, 0.1) is 12.1 Å². The molecule has 3 heteroatoms. The summed E-state index contributed by atoms with van der Waals surface area (Å²) in [6.07, 6.45) is 3.36. The lowest BCUT2D eigenvalue weighted by Crippen LogP contribution is -2.52. The third-order valence-corrected chi connectivity index (χ3v) is 5.25. The molecule has 1 heterocycles. The zero-order valence-electron chi connectivity index (χ0n) is 15.5. The van der Waals surface area contributed by atoms with Crippen LogP contribution in [0.3, 0.4) is 0 Å². The Morgan fingerprint density at radius 3 is 2.32 bits per heavy atom. The molecule has 0 amide bonds. The standard InChI is InChI=1S/C22H30N2O/c1-19-8-10-21(11-9-19)23-22(18-25-2)13-16-24(17-14-22)15-12-20-6-4-3-5-7-20/h3-11,23H,12-18H2,1-2H3. The van der Waals surface area contributed by atoms with Gasteiger partial charge in [0.2, 0.25) is 0 Å². The maximum absolute atomic E-state index is 5.56. The average molecular weight is 338 g/mol. The number of likely N-dealkylation sites (tertiary alicyclic amines) is 1. The smallest absolute Gasteiger partial charge is 0.0693 e. The van der Waals surface area contributed by atoms with Crippen LogP contribution in [0, 0.1) is 6.92 Å². The molecule has 0 spiro atoms. The largest absolute Gasteiger partial charge is 0.382 e. The van der Waals surface area contributed by atoms with Crippen LogP contribution < -0.4 is 5.32 Å². The molecule has 0 bridgehead atoms. The number of hydrogen-bond acceptors (Lipinski definition) is 3. The van der Waals surface area contributed by atoms with E-state index in [0.717, 1.165) is 45.5 Å². The molecule has 3 rings (SSSR count). The van der Waals surface area contributed by atoms with Gasteiger partial charge >= 0.3 is 0 Å². The van der Waals surface area contributed by atoms with Crippen LogP contribution in [0.15, 0.2) is 54.6 Å². The zero-order valence-corrected chi connectivity index (χ0v) is 15.5. The fourth-order valence-corrected chi connectivity index (χ4v) is 3.66. The van der Waals surface area contributed by atoms with E-state index < -0.39 is 0 Å². The van der Waals surface area contributed by atoms with E-state index in [1.54, 1.807) is 7.11 Å². The van der Waals surface area contributed by atoms with Gasteiger partial charge in [0.15, 0.2) is 0 Å². The van der Waals surface area contributed by atoms with Crippen LogP contribution in [0.2, 0.25) is 0 Å². The fourth-order valence-electron chi connectivity index (χ4n) is 3.66. The Balaban J connectivity index is 1.55. The summed E-state index contributed by atoms with van der Waals surface area (Å²) in [6, 6.07) is 19.5. The number of hydrogen-bond donors (Lipinski definition) is 1. The number of nitrogens with one attached hydrogen (secondary N) is 1. The highest BCUT2D eigenvalue weighted by molar-refractivity contribution is 5.47. The normalized spacial score (nSPS) is 17.4. The molecule has 0 aromatic heterocycles. The molecule has 1 saturated heterocycles. The molecule has 1 aliphatic heterocycles. The first kappa shape index (κ1) is 18.0. The lowest BCUT2D eigenvalue weighted by atomic mass is 9.87. The van der Waals surface area contributed by atoms with E-state index in [4.69, 9.17) is 4.74 Å². The van der Waals surface area contributed by atoms with Crippen molar-refractivity contribution in [1.82, 2.24) is 4.90 Å².